The minimum atomic E-state index is 0.326. The van der Waals surface area contributed by atoms with E-state index in [1.807, 2.05) is 11.9 Å². The third kappa shape index (κ3) is 1.15. The molecule has 2 nitrogen and oxygen atoms in total. The van der Waals surface area contributed by atoms with E-state index in [-0.39, 0.29) is 0 Å². The van der Waals surface area contributed by atoms with Gasteiger partial charge in [-0.3, -0.25) is 4.79 Å². The van der Waals surface area contributed by atoms with Crippen molar-refractivity contribution in [2.24, 2.45) is 5.92 Å². The molecular weight excluding hydrogens is 150 g/mol. The largest absolute Gasteiger partial charge is 0.342 e. The predicted molar refractivity (Wildman–Crippen MR) is 47.7 cm³/mol. The van der Waals surface area contributed by atoms with Gasteiger partial charge in [-0.1, -0.05) is 12.2 Å². The molecular formula is C10H15NO. The van der Waals surface area contributed by atoms with Crippen LogP contribution >= 0.6 is 0 Å². The SMILES string of the molecule is CN1C(=O)CC[C@H]2C=CCC[C@@H]21. The van der Waals surface area contributed by atoms with Crippen LogP contribution in [0.1, 0.15) is 25.7 Å². The summed E-state index contributed by atoms with van der Waals surface area (Å²) >= 11 is 0. The van der Waals surface area contributed by atoms with Crippen LogP contribution in [0.5, 0.6) is 0 Å². The lowest BCUT2D eigenvalue weighted by molar-refractivity contribution is -0.136. The van der Waals surface area contributed by atoms with E-state index in [1.165, 1.54) is 0 Å². The zero-order chi connectivity index (χ0) is 8.55. The molecule has 1 aliphatic heterocycles. The van der Waals surface area contributed by atoms with Crippen molar-refractivity contribution < 1.29 is 4.79 Å². The van der Waals surface area contributed by atoms with E-state index in [2.05, 4.69) is 12.2 Å². The lowest BCUT2D eigenvalue weighted by atomic mass is 9.83. The van der Waals surface area contributed by atoms with Crippen molar-refractivity contribution in [3.05, 3.63) is 12.2 Å². The summed E-state index contributed by atoms with van der Waals surface area (Å²) in [6.07, 6.45) is 8.64. The topological polar surface area (TPSA) is 20.3 Å². The van der Waals surface area contributed by atoms with Crippen LogP contribution < -0.4 is 0 Å². The molecule has 0 aromatic carbocycles. The van der Waals surface area contributed by atoms with Crippen LogP contribution in [0, 0.1) is 5.92 Å². The van der Waals surface area contributed by atoms with Gasteiger partial charge in [0.1, 0.15) is 0 Å². The lowest BCUT2D eigenvalue weighted by Crippen LogP contribution is -2.46. The number of carbonyl (C=O) groups excluding carboxylic acids is 1. The summed E-state index contributed by atoms with van der Waals surface area (Å²) < 4.78 is 0. The first kappa shape index (κ1) is 7.84. The lowest BCUT2D eigenvalue weighted by Gasteiger charge is -2.39. The number of hydrogen-bond donors (Lipinski definition) is 0. The second-order valence-corrected chi connectivity index (χ2v) is 3.78. The van der Waals surface area contributed by atoms with E-state index < -0.39 is 0 Å². The Morgan fingerprint density at radius 2 is 2.33 bits per heavy atom. The molecule has 0 bridgehead atoms. The third-order valence-electron chi connectivity index (χ3n) is 3.09. The molecule has 1 saturated heterocycles. The first-order valence-corrected chi connectivity index (χ1v) is 4.71. The highest BCUT2D eigenvalue weighted by atomic mass is 16.2. The highest BCUT2D eigenvalue weighted by molar-refractivity contribution is 5.77. The number of carbonyl (C=O) groups is 1. The summed E-state index contributed by atoms with van der Waals surface area (Å²) in [6.45, 7) is 0. The average molecular weight is 165 g/mol. The molecule has 12 heavy (non-hydrogen) atoms. The van der Waals surface area contributed by atoms with Crippen molar-refractivity contribution >= 4 is 5.91 Å². The van der Waals surface area contributed by atoms with E-state index in [1.54, 1.807) is 0 Å². The molecule has 1 heterocycles. The van der Waals surface area contributed by atoms with E-state index in [4.69, 9.17) is 0 Å². The summed E-state index contributed by atoms with van der Waals surface area (Å²) in [7, 11) is 1.94. The zero-order valence-corrected chi connectivity index (χ0v) is 7.49. The van der Waals surface area contributed by atoms with Crippen LogP contribution in [0.25, 0.3) is 0 Å². The number of hydrogen-bond acceptors (Lipinski definition) is 1. The van der Waals surface area contributed by atoms with E-state index in [9.17, 15) is 4.79 Å². The molecule has 0 spiro atoms. The van der Waals surface area contributed by atoms with Gasteiger partial charge in [0, 0.05) is 19.5 Å². The Balaban J connectivity index is 2.16. The predicted octanol–water partition coefficient (Wildman–Crippen LogP) is 1.57. The molecule has 0 unspecified atom stereocenters. The van der Waals surface area contributed by atoms with Gasteiger partial charge in [-0.2, -0.15) is 0 Å². The number of amides is 1. The van der Waals surface area contributed by atoms with Crippen LogP contribution in [-0.4, -0.2) is 23.9 Å². The first-order valence-electron chi connectivity index (χ1n) is 4.71. The summed E-state index contributed by atoms with van der Waals surface area (Å²) in [5, 5.41) is 0. The fraction of sp³-hybridized carbons (Fsp3) is 0.700. The van der Waals surface area contributed by atoms with Crippen molar-refractivity contribution in [1.29, 1.82) is 0 Å². The zero-order valence-electron chi connectivity index (χ0n) is 7.49. The van der Waals surface area contributed by atoms with Gasteiger partial charge in [-0.05, 0) is 25.2 Å². The standard InChI is InChI=1S/C10H15NO/c1-11-9-5-3-2-4-8(9)6-7-10(11)12/h2,4,8-9H,3,5-7H2,1H3/t8-,9+/m1/s1. The minimum absolute atomic E-state index is 0.326. The number of fused-ring (bicyclic) bond motifs is 1. The highest BCUT2D eigenvalue weighted by Gasteiger charge is 2.32. The Labute approximate surface area is 73.2 Å². The van der Waals surface area contributed by atoms with Gasteiger partial charge in [-0.25, -0.2) is 0 Å². The summed E-state index contributed by atoms with van der Waals surface area (Å²) in [6, 6.07) is 0.497. The molecule has 66 valence electrons. The molecule has 0 saturated carbocycles. The maximum atomic E-state index is 11.4. The number of nitrogens with zero attached hydrogens (tertiary/aromatic N) is 1. The van der Waals surface area contributed by atoms with Crippen LogP contribution in [0.3, 0.4) is 0 Å². The molecule has 0 radical (unpaired) electrons. The smallest absolute Gasteiger partial charge is 0.222 e. The van der Waals surface area contributed by atoms with Gasteiger partial charge in [0.05, 0.1) is 0 Å². The van der Waals surface area contributed by atoms with Gasteiger partial charge >= 0.3 is 0 Å². The molecule has 2 aliphatic rings. The number of piperidine rings is 1. The third-order valence-corrected chi connectivity index (χ3v) is 3.09. The second-order valence-electron chi connectivity index (χ2n) is 3.78. The highest BCUT2D eigenvalue weighted by Crippen LogP contribution is 2.30. The van der Waals surface area contributed by atoms with E-state index in [0.29, 0.717) is 17.9 Å². The van der Waals surface area contributed by atoms with Crippen molar-refractivity contribution in [2.75, 3.05) is 7.05 Å². The van der Waals surface area contributed by atoms with Crippen molar-refractivity contribution in [1.82, 2.24) is 4.90 Å². The van der Waals surface area contributed by atoms with Gasteiger partial charge in [-0.15, -0.1) is 0 Å². The van der Waals surface area contributed by atoms with Gasteiger partial charge in [0.2, 0.25) is 5.91 Å². The van der Waals surface area contributed by atoms with Crippen LogP contribution in [0.2, 0.25) is 0 Å². The Morgan fingerprint density at radius 3 is 3.17 bits per heavy atom. The maximum Gasteiger partial charge on any atom is 0.222 e. The van der Waals surface area contributed by atoms with E-state index in [0.717, 1.165) is 25.7 Å². The second kappa shape index (κ2) is 2.92. The molecule has 2 atom stereocenters. The van der Waals surface area contributed by atoms with Crippen LogP contribution in [0.15, 0.2) is 12.2 Å². The van der Waals surface area contributed by atoms with Gasteiger partial charge < -0.3 is 4.90 Å². The van der Waals surface area contributed by atoms with Crippen molar-refractivity contribution in [3.63, 3.8) is 0 Å². The van der Waals surface area contributed by atoms with Crippen molar-refractivity contribution in [2.45, 2.75) is 31.7 Å². The molecule has 1 fully saturated rings. The molecule has 1 amide bonds. The number of rotatable bonds is 0. The van der Waals surface area contributed by atoms with Gasteiger partial charge in [0.15, 0.2) is 0 Å². The van der Waals surface area contributed by atoms with E-state index >= 15 is 0 Å². The number of likely N-dealkylation sites (tertiary alicyclic amines) is 1. The first-order chi connectivity index (χ1) is 5.79. The van der Waals surface area contributed by atoms with Crippen LogP contribution in [-0.2, 0) is 4.79 Å². The molecule has 2 rings (SSSR count). The molecule has 1 aliphatic carbocycles. The fourth-order valence-electron chi connectivity index (χ4n) is 2.30. The summed E-state index contributed by atoms with van der Waals surface area (Å²) in [4.78, 5) is 13.3. The molecule has 2 heteroatoms. The maximum absolute atomic E-state index is 11.4. The Morgan fingerprint density at radius 1 is 1.50 bits per heavy atom. The Kier molecular flexibility index (Phi) is 1.91. The molecule has 0 aromatic rings. The fourth-order valence-corrected chi connectivity index (χ4v) is 2.30. The number of allylic oxidation sites excluding steroid dienone is 1. The molecule has 0 N–H and O–H groups in total. The normalized spacial score (nSPS) is 35.1. The Hall–Kier alpha value is -0.790. The molecule has 0 aromatic heterocycles. The Bertz CT molecular complexity index is 222. The average Bonchev–Trinajstić information content (AvgIpc) is 2.12. The van der Waals surface area contributed by atoms with Gasteiger partial charge in [0.25, 0.3) is 0 Å². The monoisotopic (exact) mass is 165 g/mol. The summed E-state index contributed by atoms with van der Waals surface area (Å²) in [5.74, 6) is 0.966. The minimum Gasteiger partial charge on any atom is -0.342 e. The van der Waals surface area contributed by atoms with Crippen LogP contribution in [0.4, 0.5) is 0 Å². The summed E-state index contributed by atoms with van der Waals surface area (Å²) in [5.41, 5.74) is 0. The van der Waals surface area contributed by atoms with Crippen molar-refractivity contribution in [3.8, 4) is 0 Å². The quantitative estimate of drug-likeness (QED) is 0.499.